The van der Waals surface area contributed by atoms with E-state index in [0.717, 1.165) is 35.7 Å². The fourth-order valence-corrected chi connectivity index (χ4v) is 5.05. The Hall–Kier alpha value is -2.44. The van der Waals surface area contributed by atoms with Gasteiger partial charge in [-0.1, -0.05) is 49.1 Å². The van der Waals surface area contributed by atoms with E-state index < -0.39 is 0 Å². The predicted octanol–water partition coefficient (Wildman–Crippen LogP) is 6.54. The molecule has 0 atom stereocenters. The summed E-state index contributed by atoms with van der Waals surface area (Å²) in [6.07, 6.45) is 7.55. The highest BCUT2D eigenvalue weighted by atomic mass is 35.5. The van der Waals surface area contributed by atoms with E-state index in [2.05, 4.69) is 0 Å². The van der Waals surface area contributed by atoms with Crippen LogP contribution in [-0.2, 0) is 11.4 Å². The van der Waals surface area contributed by atoms with E-state index in [1.807, 2.05) is 42.5 Å². The number of thioether (sulfide) groups is 1. The van der Waals surface area contributed by atoms with E-state index >= 15 is 0 Å². The van der Waals surface area contributed by atoms with Crippen LogP contribution in [0.25, 0.3) is 6.08 Å². The van der Waals surface area contributed by atoms with Gasteiger partial charge in [-0.15, -0.1) is 0 Å². The number of carbonyl (C=O) groups is 2. The number of halogens is 1. The number of imide groups is 1. The number of hydrogen-bond acceptors (Lipinski definition) is 5. The van der Waals surface area contributed by atoms with Gasteiger partial charge in [-0.2, -0.15) is 0 Å². The molecule has 2 aromatic rings. The number of hydrogen-bond donors (Lipinski definition) is 0. The van der Waals surface area contributed by atoms with Gasteiger partial charge >= 0.3 is 0 Å². The molecule has 1 saturated heterocycles. The highest BCUT2D eigenvalue weighted by Crippen LogP contribution is 2.36. The van der Waals surface area contributed by atoms with Crippen molar-refractivity contribution in [2.24, 2.45) is 5.92 Å². The lowest BCUT2D eigenvalue weighted by Crippen LogP contribution is -2.34. The summed E-state index contributed by atoms with van der Waals surface area (Å²) in [6.45, 7) is 0.912. The largest absolute Gasteiger partial charge is 0.493 e. The zero-order valence-electron chi connectivity index (χ0n) is 18.0. The number of benzene rings is 2. The molecule has 2 aliphatic rings. The fraction of sp³-hybridized carbons (Fsp3) is 0.360. The molecular formula is C25H26ClNO4S. The summed E-state index contributed by atoms with van der Waals surface area (Å²) in [5.74, 6) is 1.39. The molecule has 0 spiro atoms. The molecule has 1 saturated carbocycles. The Morgan fingerprint density at radius 2 is 1.81 bits per heavy atom. The molecule has 0 bridgehead atoms. The Morgan fingerprint density at radius 3 is 2.53 bits per heavy atom. The number of nitrogens with zero attached hydrogens (tertiary/aromatic N) is 1. The van der Waals surface area contributed by atoms with Crippen molar-refractivity contribution in [1.82, 2.24) is 4.90 Å². The first-order valence-corrected chi connectivity index (χ1v) is 12.0. The molecule has 168 valence electrons. The molecule has 5 nitrogen and oxygen atoms in total. The normalized spacial score (nSPS) is 18.4. The minimum Gasteiger partial charge on any atom is -0.493 e. The van der Waals surface area contributed by atoms with Crippen LogP contribution in [0.5, 0.6) is 11.5 Å². The van der Waals surface area contributed by atoms with E-state index in [4.69, 9.17) is 21.1 Å². The lowest BCUT2D eigenvalue weighted by molar-refractivity contribution is -0.123. The second-order valence-corrected chi connectivity index (χ2v) is 9.55. The monoisotopic (exact) mass is 471 g/mol. The van der Waals surface area contributed by atoms with Crippen molar-refractivity contribution in [2.45, 2.75) is 38.7 Å². The van der Waals surface area contributed by atoms with Gasteiger partial charge in [0.15, 0.2) is 11.5 Å². The zero-order chi connectivity index (χ0) is 22.5. The van der Waals surface area contributed by atoms with Crippen molar-refractivity contribution in [3.05, 3.63) is 63.5 Å². The number of carbonyl (C=O) groups excluding carboxylic acids is 2. The maximum Gasteiger partial charge on any atom is 0.293 e. The van der Waals surface area contributed by atoms with Crippen molar-refractivity contribution >= 4 is 40.6 Å². The Balaban J connectivity index is 1.44. The quantitative estimate of drug-likeness (QED) is 0.429. The average molecular weight is 472 g/mol. The second kappa shape index (κ2) is 10.5. The van der Waals surface area contributed by atoms with E-state index in [-0.39, 0.29) is 11.1 Å². The van der Waals surface area contributed by atoms with Crippen LogP contribution in [0.3, 0.4) is 0 Å². The van der Waals surface area contributed by atoms with Gasteiger partial charge in [0, 0.05) is 11.6 Å². The number of rotatable bonds is 7. The summed E-state index contributed by atoms with van der Waals surface area (Å²) in [5, 5.41) is 0.501. The number of ether oxygens (including phenoxy) is 2. The van der Waals surface area contributed by atoms with Gasteiger partial charge in [-0.05, 0) is 72.0 Å². The van der Waals surface area contributed by atoms with E-state index in [1.54, 1.807) is 13.2 Å². The summed E-state index contributed by atoms with van der Waals surface area (Å²) in [4.78, 5) is 27.2. The summed E-state index contributed by atoms with van der Waals surface area (Å²) in [7, 11) is 1.58. The van der Waals surface area contributed by atoms with Gasteiger partial charge in [0.05, 0.1) is 12.0 Å². The van der Waals surface area contributed by atoms with Gasteiger partial charge in [-0.25, -0.2) is 0 Å². The van der Waals surface area contributed by atoms with Crippen LogP contribution in [0.1, 0.15) is 43.2 Å². The van der Waals surface area contributed by atoms with E-state index in [0.29, 0.717) is 40.5 Å². The van der Waals surface area contributed by atoms with Gasteiger partial charge in [0.25, 0.3) is 11.1 Å². The van der Waals surface area contributed by atoms with Crippen LogP contribution < -0.4 is 9.47 Å². The molecule has 0 unspecified atom stereocenters. The molecule has 1 aliphatic carbocycles. The molecule has 2 amide bonds. The molecule has 7 heteroatoms. The van der Waals surface area contributed by atoms with Crippen LogP contribution in [0, 0.1) is 5.92 Å². The number of methoxy groups -OCH3 is 1. The van der Waals surface area contributed by atoms with Crippen LogP contribution >= 0.6 is 23.4 Å². The Kier molecular flexibility index (Phi) is 7.43. The van der Waals surface area contributed by atoms with Gasteiger partial charge in [0.1, 0.15) is 6.61 Å². The maximum atomic E-state index is 12.8. The Labute approximate surface area is 197 Å². The molecule has 32 heavy (non-hydrogen) atoms. The molecular weight excluding hydrogens is 446 g/mol. The van der Waals surface area contributed by atoms with Crippen molar-refractivity contribution in [2.75, 3.05) is 13.7 Å². The molecule has 1 aliphatic heterocycles. The molecule has 2 fully saturated rings. The first-order valence-electron chi connectivity index (χ1n) is 10.8. The molecule has 2 aromatic carbocycles. The zero-order valence-corrected chi connectivity index (χ0v) is 19.6. The summed E-state index contributed by atoms with van der Waals surface area (Å²) >= 11 is 6.93. The van der Waals surface area contributed by atoms with E-state index in [9.17, 15) is 9.59 Å². The van der Waals surface area contributed by atoms with Crippen molar-refractivity contribution in [3.63, 3.8) is 0 Å². The lowest BCUT2D eigenvalue weighted by atomic mass is 9.89. The molecule has 4 rings (SSSR count). The van der Waals surface area contributed by atoms with Crippen LogP contribution in [0.2, 0.25) is 5.02 Å². The third kappa shape index (κ3) is 5.48. The minimum atomic E-state index is -0.201. The second-order valence-electron chi connectivity index (χ2n) is 8.12. The third-order valence-electron chi connectivity index (χ3n) is 5.83. The van der Waals surface area contributed by atoms with Crippen LogP contribution in [0.4, 0.5) is 4.79 Å². The van der Waals surface area contributed by atoms with Gasteiger partial charge in [0.2, 0.25) is 0 Å². The first kappa shape index (κ1) is 22.7. The SMILES string of the molecule is COc1cc(/C=C2/SC(=O)N(CC3CCCCC3)C2=O)ccc1OCc1ccc(Cl)cc1. The third-order valence-corrected chi connectivity index (χ3v) is 6.99. The maximum absolute atomic E-state index is 12.8. The molecule has 0 N–H and O–H groups in total. The van der Waals surface area contributed by atoms with Crippen molar-refractivity contribution < 1.29 is 19.1 Å². The lowest BCUT2D eigenvalue weighted by Gasteiger charge is -2.25. The molecule has 0 aromatic heterocycles. The van der Waals surface area contributed by atoms with Gasteiger partial charge < -0.3 is 9.47 Å². The summed E-state index contributed by atoms with van der Waals surface area (Å²) in [5.41, 5.74) is 1.77. The van der Waals surface area contributed by atoms with E-state index in [1.165, 1.54) is 24.2 Å². The minimum absolute atomic E-state index is 0.179. The predicted molar refractivity (Wildman–Crippen MR) is 128 cm³/mol. The first-order chi connectivity index (χ1) is 15.5. The van der Waals surface area contributed by atoms with Crippen molar-refractivity contribution in [3.8, 4) is 11.5 Å². The highest BCUT2D eigenvalue weighted by molar-refractivity contribution is 8.18. The fourth-order valence-electron chi connectivity index (χ4n) is 4.07. The number of amides is 2. The molecule has 1 heterocycles. The van der Waals surface area contributed by atoms with Crippen LogP contribution in [0.15, 0.2) is 47.4 Å². The Morgan fingerprint density at radius 1 is 1.06 bits per heavy atom. The standard InChI is InChI=1S/C25H26ClNO4S/c1-30-22-13-19(9-12-21(22)31-16-18-7-10-20(26)11-8-18)14-23-24(28)27(25(29)32-23)15-17-5-3-2-4-6-17/h7-14,17H,2-6,15-16H2,1H3/b23-14+. The van der Waals surface area contributed by atoms with Crippen molar-refractivity contribution in [1.29, 1.82) is 0 Å². The van der Waals surface area contributed by atoms with Gasteiger partial charge in [-0.3, -0.25) is 14.5 Å². The Bertz CT molecular complexity index is 1020. The average Bonchev–Trinajstić information content (AvgIpc) is 3.07. The highest BCUT2D eigenvalue weighted by Gasteiger charge is 2.36. The summed E-state index contributed by atoms with van der Waals surface area (Å²) < 4.78 is 11.4. The molecule has 0 radical (unpaired) electrons. The van der Waals surface area contributed by atoms with Crippen LogP contribution in [-0.4, -0.2) is 29.7 Å². The topological polar surface area (TPSA) is 55.8 Å². The summed E-state index contributed by atoms with van der Waals surface area (Å²) in [6, 6.07) is 12.9. The smallest absolute Gasteiger partial charge is 0.293 e.